The molecule has 0 bridgehead atoms. The van der Waals surface area contributed by atoms with Crippen molar-refractivity contribution < 1.29 is 5.11 Å². The molecule has 0 spiro atoms. The van der Waals surface area contributed by atoms with Crippen molar-refractivity contribution in [1.82, 2.24) is 14.8 Å². The largest absolute Gasteiger partial charge is 0.388 e. The van der Waals surface area contributed by atoms with Crippen LogP contribution in [0.25, 0.3) is 0 Å². The van der Waals surface area contributed by atoms with Gasteiger partial charge in [-0.3, -0.25) is 9.67 Å². The van der Waals surface area contributed by atoms with Gasteiger partial charge >= 0.3 is 0 Å². The molecule has 2 aromatic heterocycles. The number of hydrogen-bond donors (Lipinski definition) is 1. The molecule has 17 heavy (non-hydrogen) atoms. The van der Waals surface area contributed by atoms with Gasteiger partial charge in [-0.1, -0.05) is 17.7 Å². The Hall–Kier alpha value is -1.39. The molecule has 0 aliphatic heterocycles. The number of hydrogen-bond acceptors (Lipinski definition) is 3. The fourth-order valence-corrected chi connectivity index (χ4v) is 2.01. The highest BCUT2D eigenvalue weighted by atomic mass is 35.5. The van der Waals surface area contributed by atoms with E-state index in [2.05, 4.69) is 10.1 Å². The smallest absolute Gasteiger partial charge is 0.0860 e. The molecule has 2 aromatic rings. The van der Waals surface area contributed by atoms with Crippen molar-refractivity contribution in [3.8, 4) is 0 Å². The first-order valence-electron chi connectivity index (χ1n) is 5.35. The molecule has 2 heterocycles. The number of halogens is 1. The molecular formula is C12H14ClN3O. The lowest BCUT2D eigenvalue weighted by Crippen LogP contribution is -2.07. The summed E-state index contributed by atoms with van der Waals surface area (Å²) in [6.07, 6.45) is 3.15. The summed E-state index contributed by atoms with van der Waals surface area (Å²) < 4.78 is 1.71. The van der Waals surface area contributed by atoms with E-state index in [1.165, 1.54) is 0 Å². The zero-order valence-corrected chi connectivity index (χ0v) is 10.5. The number of aliphatic hydroxyl groups is 1. The van der Waals surface area contributed by atoms with E-state index in [1.54, 1.807) is 23.1 Å². The Labute approximate surface area is 105 Å². The second-order valence-corrected chi connectivity index (χ2v) is 4.35. The molecule has 0 amide bonds. The molecule has 0 aliphatic rings. The summed E-state index contributed by atoms with van der Waals surface area (Å²) >= 11 is 6.14. The van der Waals surface area contributed by atoms with E-state index in [0.29, 0.717) is 11.4 Å². The summed E-state index contributed by atoms with van der Waals surface area (Å²) in [5, 5.41) is 14.9. The average molecular weight is 252 g/mol. The van der Waals surface area contributed by atoms with Gasteiger partial charge in [0.2, 0.25) is 0 Å². The SMILES string of the molecule is Cc1nn(C)c(CC(O)c2cccnc2)c1Cl. The van der Waals surface area contributed by atoms with Crippen LogP contribution in [0.4, 0.5) is 0 Å². The average Bonchev–Trinajstić information content (AvgIpc) is 2.57. The van der Waals surface area contributed by atoms with Crippen LogP contribution in [0.1, 0.15) is 23.1 Å². The maximum absolute atomic E-state index is 10.1. The van der Waals surface area contributed by atoms with Gasteiger partial charge in [0.1, 0.15) is 0 Å². The van der Waals surface area contributed by atoms with Gasteiger partial charge in [0.15, 0.2) is 0 Å². The van der Waals surface area contributed by atoms with Crippen LogP contribution in [-0.4, -0.2) is 19.9 Å². The standard InChI is InChI=1S/C12H14ClN3O/c1-8-12(13)10(16(2)15-8)6-11(17)9-4-3-5-14-7-9/h3-5,7,11,17H,6H2,1-2H3. The van der Waals surface area contributed by atoms with Gasteiger partial charge in [-0.25, -0.2) is 0 Å². The summed E-state index contributed by atoms with van der Waals surface area (Å²) in [6, 6.07) is 3.64. The van der Waals surface area contributed by atoms with Crippen molar-refractivity contribution in [3.63, 3.8) is 0 Å². The lowest BCUT2D eigenvalue weighted by molar-refractivity contribution is 0.175. The monoisotopic (exact) mass is 251 g/mol. The molecule has 0 radical (unpaired) electrons. The van der Waals surface area contributed by atoms with Crippen molar-refractivity contribution in [3.05, 3.63) is 46.5 Å². The number of aromatic nitrogens is 3. The summed E-state index contributed by atoms with van der Waals surface area (Å²) in [5.41, 5.74) is 2.39. The Bertz CT molecular complexity index is 510. The van der Waals surface area contributed by atoms with Crippen LogP contribution in [0.15, 0.2) is 24.5 Å². The van der Waals surface area contributed by atoms with Crippen molar-refractivity contribution in [1.29, 1.82) is 0 Å². The van der Waals surface area contributed by atoms with Gasteiger partial charge in [0.25, 0.3) is 0 Å². The van der Waals surface area contributed by atoms with E-state index < -0.39 is 6.10 Å². The normalized spacial score (nSPS) is 12.7. The van der Waals surface area contributed by atoms with Crippen molar-refractivity contribution >= 4 is 11.6 Å². The van der Waals surface area contributed by atoms with E-state index in [-0.39, 0.29) is 0 Å². The molecule has 0 aliphatic carbocycles. The molecule has 4 nitrogen and oxygen atoms in total. The summed E-state index contributed by atoms with van der Waals surface area (Å²) in [5.74, 6) is 0. The molecule has 0 saturated heterocycles. The maximum atomic E-state index is 10.1. The molecule has 5 heteroatoms. The topological polar surface area (TPSA) is 50.9 Å². The van der Waals surface area contributed by atoms with Gasteiger partial charge in [-0.2, -0.15) is 5.10 Å². The lowest BCUT2D eigenvalue weighted by Gasteiger charge is -2.10. The highest BCUT2D eigenvalue weighted by Gasteiger charge is 2.16. The third-order valence-electron chi connectivity index (χ3n) is 2.72. The zero-order chi connectivity index (χ0) is 12.4. The second-order valence-electron chi connectivity index (χ2n) is 3.98. The van der Waals surface area contributed by atoms with Crippen LogP contribution in [0.3, 0.4) is 0 Å². The van der Waals surface area contributed by atoms with Gasteiger partial charge in [-0.15, -0.1) is 0 Å². The van der Waals surface area contributed by atoms with Crippen LogP contribution in [0.5, 0.6) is 0 Å². The molecule has 0 saturated carbocycles. The highest BCUT2D eigenvalue weighted by Crippen LogP contribution is 2.25. The molecule has 1 N–H and O–H groups in total. The highest BCUT2D eigenvalue weighted by molar-refractivity contribution is 6.31. The van der Waals surface area contributed by atoms with Crippen LogP contribution < -0.4 is 0 Å². The van der Waals surface area contributed by atoms with Gasteiger partial charge in [0.05, 0.1) is 22.5 Å². The van der Waals surface area contributed by atoms with E-state index in [4.69, 9.17) is 11.6 Å². The summed E-state index contributed by atoms with van der Waals surface area (Å²) in [7, 11) is 1.82. The Morgan fingerprint density at radius 2 is 2.29 bits per heavy atom. The lowest BCUT2D eigenvalue weighted by atomic mass is 10.1. The Morgan fingerprint density at radius 3 is 2.82 bits per heavy atom. The van der Waals surface area contributed by atoms with Gasteiger partial charge in [-0.05, 0) is 18.6 Å². The third kappa shape index (κ3) is 2.48. The fourth-order valence-electron chi connectivity index (χ4n) is 1.78. The van der Waals surface area contributed by atoms with Crippen LogP contribution >= 0.6 is 11.6 Å². The number of rotatable bonds is 3. The molecule has 2 rings (SSSR count). The molecule has 90 valence electrons. The first-order valence-corrected chi connectivity index (χ1v) is 5.73. The number of pyridine rings is 1. The zero-order valence-electron chi connectivity index (χ0n) is 9.76. The maximum Gasteiger partial charge on any atom is 0.0860 e. The first-order chi connectivity index (χ1) is 8.09. The fraction of sp³-hybridized carbons (Fsp3) is 0.333. The molecule has 1 unspecified atom stereocenters. The van der Waals surface area contributed by atoms with E-state index in [0.717, 1.165) is 17.0 Å². The predicted molar refractivity (Wildman–Crippen MR) is 65.9 cm³/mol. The minimum absolute atomic E-state index is 0.432. The van der Waals surface area contributed by atoms with E-state index in [1.807, 2.05) is 20.0 Å². The quantitative estimate of drug-likeness (QED) is 0.908. The number of nitrogens with zero attached hydrogens (tertiary/aromatic N) is 3. The van der Waals surface area contributed by atoms with Crippen molar-refractivity contribution in [2.45, 2.75) is 19.4 Å². The Morgan fingerprint density at radius 1 is 1.53 bits per heavy atom. The minimum atomic E-state index is -0.615. The van der Waals surface area contributed by atoms with E-state index >= 15 is 0 Å². The van der Waals surface area contributed by atoms with Crippen LogP contribution in [-0.2, 0) is 13.5 Å². The van der Waals surface area contributed by atoms with Crippen molar-refractivity contribution in [2.24, 2.45) is 7.05 Å². The van der Waals surface area contributed by atoms with E-state index in [9.17, 15) is 5.11 Å². The predicted octanol–water partition coefficient (Wildman–Crippen LogP) is 2.05. The second kappa shape index (κ2) is 4.85. The van der Waals surface area contributed by atoms with Gasteiger partial charge < -0.3 is 5.11 Å². The third-order valence-corrected chi connectivity index (χ3v) is 3.21. The molecule has 0 aromatic carbocycles. The molecule has 0 fully saturated rings. The summed E-state index contributed by atoms with van der Waals surface area (Å²) in [6.45, 7) is 1.85. The minimum Gasteiger partial charge on any atom is -0.388 e. The van der Waals surface area contributed by atoms with Gasteiger partial charge in [0, 0.05) is 25.9 Å². The molecular weight excluding hydrogens is 238 g/mol. The van der Waals surface area contributed by atoms with Crippen LogP contribution in [0, 0.1) is 6.92 Å². The Balaban J connectivity index is 2.22. The number of aliphatic hydroxyl groups excluding tert-OH is 1. The number of aryl methyl sites for hydroxylation is 2. The summed E-state index contributed by atoms with van der Waals surface area (Å²) in [4.78, 5) is 3.98. The molecule has 1 atom stereocenters. The Kier molecular flexibility index (Phi) is 3.45. The van der Waals surface area contributed by atoms with Crippen LogP contribution in [0.2, 0.25) is 5.02 Å². The first kappa shape index (κ1) is 12.1. The van der Waals surface area contributed by atoms with Crippen molar-refractivity contribution in [2.75, 3.05) is 0 Å².